The summed E-state index contributed by atoms with van der Waals surface area (Å²) in [6, 6.07) is 0. The van der Waals surface area contributed by atoms with Crippen molar-refractivity contribution in [2.45, 2.75) is 102 Å². The third-order valence-electron chi connectivity index (χ3n) is 10.2. The van der Waals surface area contributed by atoms with Crippen LogP contribution >= 0.6 is 11.3 Å². The monoisotopic (exact) mass is 494 g/mol. The number of aryl methyl sites for hydroxylation is 4. The first-order valence-electron chi connectivity index (χ1n) is 13.4. The summed E-state index contributed by atoms with van der Waals surface area (Å²) in [5.74, 6) is 0. The van der Waals surface area contributed by atoms with E-state index in [1.54, 1.807) is 11.1 Å². The number of hydrogen-bond acceptors (Lipinski definition) is 1. The van der Waals surface area contributed by atoms with Gasteiger partial charge in [-0.05, 0) is 183 Å². The first-order chi connectivity index (χ1) is 16.7. The van der Waals surface area contributed by atoms with Crippen molar-refractivity contribution in [2.24, 2.45) is 0 Å². The van der Waals surface area contributed by atoms with Gasteiger partial charge in [0.2, 0.25) is 0 Å². The average molecular weight is 495 g/mol. The van der Waals surface area contributed by atoms with Crippen molar-refractivity contribution in [3.8, 4) is 21.6 Å². The summed E-state index contributed by atoms with van der Waals surface area (Å²) in [7, 11) is 0. The number of rotatable bonds is 1. The van der Waals surface area contributed by atoms with Gasteiger partial charge in [-0.25, -0.2) is 0 Å². The van der Waals surface area contributed by atoms with Crippen LogP contribution in [0.25, 0.3) is 32.3 Å². The van der Waals surface area contributed by atoms with E-state index in [0.717, 1.165) is 0 Å². The van der Waals surface area contributed by atoms with E-state index in [2.05, 4.69) is 96.9 Å². The van der Waals surface area contributed by atoms with Gasteiger partial charge in [-0.15, -0.1) is 11.3 Å². The Morgan fingerprint density at radius 2 is 0.861 bits per heavy atom. The Bertz CT molecular complexity index is 1650. The molecular weight excluding hydrogens is 452 g/mol. The second-order valence-corrected chi connectivity index (χ2v) is 13.3. The van der Waals surface area contributed by atoms with Crippen LogP contribution in [0.4, 0.5) is 0 Å². The van der Waals surface area contributed by atoms with Gasteiger partial charge in [0.15, 0.2) is 0 Å². The highest BCUT2D eigenvalue weighted by atomic mass is 32.1. The van der Waals surface area contributed by atoms with E-state index in [4.69, 9.17) is 0 Å². The Morgan fingerprint density at radius 1 is 0.389 bits per heavy atom. The molecule has 1 aromatic heterocycles. The molecule has 0 nitrogen and oxygen atoms in total. The van der Waals surface area contributed by atoms with E-state index in [1.165, 1.54) is 98.4 Å². The van der Waals surface area contributed by atoms with E-state index in [-0.39, 0.29) is 5.41 Å². The normalized spacial score (nSPS) is 14.1. The van der Waals surface area contributed by atoms with Crippen molar-refractivity contribution in [3.63, 3.8) is 0 Å². The molecule has 0 unspecified atom stereocenters. The third kappa shape index (κ3) is 2.87. The standard InChI is InChI=1S/C35H42S/c1-15-16(2)19(5)29-27(18(15)4)22(8)23(9)32-31(29)30-21(7)20(6)28(25(11)33(30)35(32,13)14)34-24(10)17(3)26(12)36-34/h1-14H3. The van der Waals surface area contributed by atoms with Gasteiger partial charge < -0.3 is 0 Å². The highest BCUT2D eigenvalue weighted by molar-refractivity contribution is 7.15. The number of thiophene rings is 1. The molecule has 4 aromatic rings. The van der Waals surface area contributed by atoms with Gasteiger partial charge >= 0.3 is 0 Å². The van der Waals surface area contributed by atoms with Crippen molar-refractivity contribution in [1.29, 1.82) is 0 Å². The molecule has 0 bridgehead atoms. The zero-order valence-corrected chi connectivity index (χ0v) is 25.7. The fourth-order valence-corrected chi connectivity index (χ4v) is 8.83. The van der Waals surface area contributed by atoms with Crippen LogP contribution in [-0.2, 0) is 5.41 Å². The maximum absolute atomic E-state index is 2.47. The highest BCUT2D eigenvalue weighted by Crippen LogP contribution is 2.59. The predicted octanol–water partition coefficient (Wildman–Crippen LogP) is 10.6. The van der Waals surface area contributed by atoms with Crippen LogP contribution in [0.2, 0.25) is 0 Å². The molecule has 0 saturated carbocycles. The summed E-state index contributed by atoms with van der Waals surface area (Å²) in [6.07, 6.45) is 0. The molecule has 188 valence electrons. The summed E-state index contributed by atoms with van der Waals surface area (Å²) in [5, 5.41) is 2.98. The Morgan fingerprint density at radius 3 is 1.39 bits per heavy atom. The molecule has 0 fully saturated rings. The molecule has 0 amide bonds. The van der Waals surface area contributed by atoms with Crippen molar-refractivity contribution < 1.29 is 0 Å². The smallest absolute Gasteiger partial charge is 0.0383 e. The second kappa shape index (κ2) is 7.81. The molecule has 0 saturated heterocycles. The van der Waals surface area contributed by atoms with E-state index in [9.17, 15) is 0 Å². The molecular formula is C35H42S. The minimum Gasteiger partial charge on any atom is -0.140 e. The van der Waals surface area contributed by atoms with E-state index in [1.807, 2.05) is 11.3 Å². The largest absolute Gasteiger partial charge is 0.140 e. The van der Waals surface area contributed by atoms with Crippen molar-refractivity contribution in [3.05, 3.63) is 77.2 Å². The molecule has 36 heavy (non-hydrogen) atoms. The molecule has 1 heteroatoms. The van der Waals surface area contributed by atoms with Crippen LogP contribution in [0.5, 0.6) is 0 Å². The lowest BCUT2D eigenvalue weighted by molar-refractivity contribution is 0.650. The fraction of sp³-hybridized carbons (Fsp3) is 0.429. The highest BCUT2D eigenvalue weighted by Gasteiger charge is 2.42. The molecule has 3 aromatic carbocycles. The first kappa shape index (κ1) is 25.3. The SMILES string of the molecule is Cc1sc(-c2c(C)c(C)c3c(c2C)C(C)(C)c2c(C)c(C)c4c(C)c(C)c(C)c(C)c4c2-3)c(C)c1C. The van der Waals surface area contributed by atoms with E-state index in [0.29, 0.717) is 0 Å². The van der Waals surface area contributed by atoms with Crippen LogP contribution in [0, 0.1) is 83.1 Å². The number of hydrogen-bond donors (Lipinski definition) is 0. The number of fused-ring (bicyclic) bond motifs is 5. The molecule has 0 radical (unpaired) electrons. The first-order valence-corrected chi connectivity index (χ1v) is 14.2. The van der Waals surface area contributed by atoms with Crippen molar-refractivity contribution >= 4 is 22.1 Å². The Labute approximate surface area is 222 Å². The topological polar surface area (TPSA) is 0 Å². The van der Waals surface area contributed by atoms with Crippen LogP contribution in [0.15, 0.2) is 0 Å². The lowest BCUT2D eigenvalue weighted by Gasteiger charge is -2.28. The van der Waals surface area contributed by atoms with Crippen LogP contribution in [0.1, 0.15) is 91.0 Å². The molecule has 0 aliphatic heterocycles. The van der Waals surface area contributed by atoms with Gasteiger partial charge in [-0.1, -0.05) is 13.8 Å². The Kier molecular flexibility index (Phi) is 5.48. The summed E-state index contributed by atoms with van der Waals surface area (Å²) < 4.78 is 0. The lowest BCUT2D eigenvalue weighted by Crippen LogP contribution is -2.19. The summed E-state index contributed by atoms with van der Waals surface area (Å²) >= 11 is 1.98. The van der Waals surface area contributed by atoms with Gasteiger partial charge in [-0.3, -0.25) is 0 Å². The van der Waals surface area contributed by atoms with Gasteiger partial charge in [0.25, 0.3) is 0 Å². The quantitative estimate of drug-likeness (QED) is 0.247. The second-order valence-electron chi connectivity index (χ2n) is 12.1. The summed E-state index contributed by atoms with van der Waals surface area (Å²) in [6.45, 7) is 33.0. The minimum atomic E-state index is -0.0423. The fourth-order valence-electron chi connectivity index (χ4n) is 7.51. The van der Waals surface area contributed by atoms with Crippen molar-refractivity contribution in [2.75, 3.05) is 0 Å². The zero-order valence-electron chi connectivity index (χ0n) is 24.9. The van der Waals surface area contributed by atoms with Gasteiger partial charge in [0.1, 0.15) is 0 Å². The Balaban J connectivity index is 2.05. The molecule has 1 aliphatic carbocycles. The molecule has 1 heterocycles. The van der Waals surface area contributed by atoms with Crippen LogP contribution < -0.4 is 0 Å². The van der Waals surface area contributed by atoms with Crippen LogP contribution in [-0.4, -0.2) is 0 Å². The molecule has 1 aliphatic rings. The van der Waals surface area contributed by atoms with Gasteiger partial charge in [-0.2, -0.15) is 0 Å². The molecule has 0 N–H and O–H groups in total. The molecule has 0 spiro atoms. The summed E-state index contributed by atoms with van der Waals surface area (Å²) in [4.78, 5) is 2.91. The zero-order chi connectivity index (χ0) is 26.8. The van der Waals surface area contributed by atoms with Crippen LogP contribution in [0.3, 0.4) is 0 Å². The van der Waals surface area contributed by atoms with Gasteiger partial charge in [0.05, 0.1) is 0 Å². The molecule has 0 atom stereocenters. The van der Waals surface area contributed by atoms with E-state index < -0.39 is 0 Å². The van der Waals surface area contributed by atoms with Crippen molar-refractivity contribution in [1.82, 2.24) is 0 Å². The summed E-state index contributed by atoms with van der Waals surface area (Å²) in [5.41, 5.74) is 23.6. The number of benzene rings is 3. The Hall–Kier alpha value is -2.38. The maximum Gasteiger partial charge on any atom is 0.0383 e. The third-order valence-corrected chi connectivity index (χ3v) is 11.6. The predicted molar refractivity (Wildman–Crippen MR) is 162 cm³/mol. The van der Waals surface area contributed by atoms with E-state index >= 15 is 0 Å². The molecule has 5 rings (SSSR count). The average Bonchev–Trinajstić information content (AvgIpc) is 3.21. The maximum atomic E-state index is 2.47. The minimum absolute atomic E-state index is 0.0423. The lowest BCUT2D eigenvalue weighted by atomic mass is 9.75. The van der Waals surface area contributed by atoms with Gasteiger partial charge in [0, 0.05) is 15.2 Å².